The molecule has 1 aliphatic rings. The van der Waals surface area contributed by atoms with Gasteiger partial charge < -0.3 is 4.42 Å². The largest absolute Gasteiger partial charge is 0.457 e. The number of benzene rings is 1. The third-order valence-corrected chi connectivity index (χ3v) is 5.06. The van der Waals surface area contributed by atoms with Crippen LogP contribution in [0.15, 0.2) is 55.1 Å². The van der Waals surface area contributed by atoms with Crippen LogP contribution in [-0.2, 0) is 6.54 Å². The topological polar surface area (TPSA) is 47.5 Å². The predicted molar refractivity (Wildman–Crippen MR) is 89.6 cm³/mol. The smallest absolute Gasteiger partial charge is 0.270 e. The van der Waals surface area contributed by atoms with Crippen LogP contribution in [0.1, 0.15) is 5.76 Å². The first-order valence-electron chi connectivity index (χ1n) is 6.82. The molecule has 0 saturated carbocycles. The standard InChI is InChI=1S/C16H11BrN2O2S/c17-11-3-1-10(2-4-11)13-6-5-12(21-13)9-14-15(20)19-8-7-18-16(19)22-14/h1-6,9H,7-8H2/b14-9+. The second kappa shape index (κ2) is 5.37. The number of aromatic nitrogens is 1. The first-order chi connectivity index (χ1) is 10.7. The molecular weight excluding hydrogens is 364 g/mol. The fourth-order valence-electron chi connectivity index (χ4n) is 2.40. The monoisotopic (exact) mass is 374 g/mol. The number of rotatable bonds is 2. The Balaban J connectivity index is 1.75. The lowest BCUT2D eigenvalue weighted by molar-refractivity contribution is 0.571. The molecule has 4 nitrogen and oxygen atoms in total. The molecule has 0 saturated heterocycles. The van der Waals surface area contributed by atoms with Gasteiger partial charge in [0.05, 0.1) is 11.1 Å². The Morgan fingerprint density at radius 2 is 2.05 bits per heavy atom. The van der Waals surface area contributed by atoms with Gasteiger partial charge >= 0.3 is 0 Å². The van der Waals surface area contributed by atoms with E-state index in [1.54, 1.807) is 10.6 Å². The van der Waals surface area contributed by atoms with Crippen LogP contribution >= 0.6 is 27.3 Å². The van der Waals surface area contributed by atoms with E-state index >= 15 is 0 Å². The summed E-state index contributed by atoms with van der Waals surface area (Å²) in [5.74, 6) is 1.46. The van der Waals surface area contributed by atoms with Crippen molar-refractivity contribution < 1.29 is 4.42 Å². The van der Waals surface area contributed by atoms with Crippen molar-refractivity contribution in [2.24, 2.45) is 4.99 Å². The first kappa shape index (κ1) is 13.7. The van der Waals surface area contributed by atoms with Crippen molar-refractivity contribution in [2.45, 2.75) is 6.54 Å². The van der Waals surface area contributed by atoms with Crippen molar-refractivity contribution in [1.29, 1.82) is 0 Å². The number of furan rings is 1. The van der Waals surface area contributed by atoms with Crippen LogP contribution in [-0.4, -0.2) is 11.1 Å². The minimum Gasteiger partial charge on any atom is -0.457 e. The van der Waals surface area contributed by atoms with Gasteiger partial charge in [-0.05, 0) is 24.3 Å². The summed E-state index contributed by atoms with van der Waals surface area (Å²) in [6.07, 6.45) is 1.79. The molecule has 3 heterocycles. The predicted octanol–water partition coefficient (Wildman–Crippen LogP) is 2.39. The first-order valence-corrected chi connectivity index (χ1v) is 8.43. The van der Waals surface area contributed by atoms with E-state index in [9.17, 15) is 4.79 Å². The van der Waals surface area contributed by atoms with Crippen molar-refractivity contribution in [3.8, 4) is 11.3 Å². The van der Waals surface area contributed by atoms with E-state index in [4.69, 9.17) is 4.42 Å². The number of nitrogens with zero attached hydrogens (tertiary/aromatic N) is 2. The van der Waals surface area contributed by atoms with E-state index in [1.807, 2.05) is 36.4 Å². The van der Waals surface area contributed by atoms with Gasteiger partial charge in [-0.1, -0.05) is 39.4 Å². The maximum atomic E-state index is 12.2. The summed E-state index contributed by atoms with van der Waals surface area (Å²) in [6.45, 7) is 1.39. The van der Waals surface area contributed by atoms with Crippen LogP contribution in [0.5, 0.6) is 0 Å². The molecule has 0 amide bonds. The molecule has 0 aliphatic carbocycles. The maximum absolute atomic E-state index is 12.2. The molecule has 2 aromatic heterocycles. The van der Waals surface area contributed by atoms with Crippen molar-refractivity contribution in [1.82, 2.24) is 4.57 Å². The lowest BCUT2D eigenvalue weighted by Gasteiger charge is -1.96. The Labute approximate surface area is 138 Å². The van der Waals surface area contributed by atoms with Gasteiger partial charge in [0.15, 0.2) is 4.80 Å². The molecule has 0 bridgehead atoms. The Kier molecular flexibility index (Phi) is 3.35. The van der Waals surface area contributed by atoms with Crippen LogP contribution in [0, 0.1) is 0 Å². The fourth-order valence-corrected chi connectivity index (χ4v) is 3.67. The van der Waals surface area contributed by atoms with Gasteiger partial charge in [0.2, 0.25) is 0 Å². The van der Waals surface area contributed by atoms with Crippen molar-refractivity contribution in [3.63, 3.8) is 0 Å². The molecule has 0 unspecified atom stereocenters. The van der Waals surface area contributed by atoms with Crippen LogP contribution in [0.4, 0.5) is 0 Å². The van der Waals surface area contributed by atoms with Crippen LogP contribution in [0.2, 0.25) is 0 Å². The molecule has 6 heteroatoms. The van der Waals surface area contributed by atoms with Crippen molar-refractivity contribution in [2.75, 3.05) is 6.54 Å². The van der Waals surface area contributed by atoms with E-state index in [0.717, 1.165) is 20.6 Å². The van der Waals surface area contributed by atoms with Gasteiger partial charge in [-0.3, -0.25) is 14.4 Å². The summed E-state index contributed by atoms with van der Waals surface area (Å²) in [7, 11) is 0. The molecule has 0 radical (unpaired) electrons. The van der Waals surface area contributed by atoms with Crippen LogP contribution in [0.25, 0.3) is 17.4 Å². The summed E-state index contributed by atoms with van der Waals surface area (Å²) in [4.78, 5) is 17.3. The van der Waals surface area contributed by atoms with Gasteiger partial charge in [0.25, 0.3) is 5.56 Å². The van der Waals surface area contributed by atoms with Gasteiger partial charge in [0.1, 0.15) is 11.5 Å². The highest BCUT2D eigenvalue weighted by atomic mass is 79.9. The lowest BCUT2D eigenvalue weighted by Crippen LogP contribution is -2.29. The second-order valence-electron chi connectivity index (χ2n) is 4.94. The minimum atomic E-state index is 0.0165. The minimum absolute atomic E-state index is 0.0165. The molecule has 0 fully saturated rings. The molecule has 3 aromatic rings. The number of fused-ring (bicyclic) bond motifs is 1. The summed E-state index contributed by atoms with van der Waals surface area (Å²) in [6, 6.07) is 11.7. The highest BCUT2D eigenvalue weighted by Gasteiger charge is 2.10. The van der Waals surface area contributed by atoms with E-state index < -0.39 is 0 Å². The van der Waals surface area contributed by atoms with Crippen LogP contribution in [0.3, 0.4) is 0 Å². The summed E-state index contributed by atoms with van der Waals surface area (Å²) >= 11 is 4.83. The maximum Gasteiger partial charge on any atom is 0.270 e. The van der Waals surface area contributed by atoms with E-state index in [2.05, 4.69) is 20.9 Å². The Morgan fingerprint density at radius 3 is 2.82 bits per heavy atom. The zero-order valence-electron chi connectivity index (χ0n) is 11.5. The van der Waals surface area contributed by atoms with Gasteiger partial charge in [-0.2, -0.15) is 0 Å². The molecule has 0 atom stereocenters. The highest BCUT2D eigenvalue weighted by Crippen LogP contribution is 2.24. The molecule has 110 valence electrons. The number of hydrogen-bond donors (Lipinski definition) is 0. The van der Waals surface area contributed by atoms with E-state index in [0.29, 0.717) is 23.4 Å². The van der Waals surface area contributed by atoms with E-state index in [1.165, 1.54) is 11.3 Å². The number of hydrogen-bond acceptors (Lipinski definition) is 4. The van der Waals surface area contributed by atoms with Gasteiger partial charge in [-0.25, -0.2) is 0 Å². The molecule has 0 spiro atoms. The Bertz CT molecular complexity index is 1010. The lowest BCUT2D eigenvalue weighted by atomic mass is 10.2. The SMILES string of the molecule is O=c1/c(=C\c2ccc(-c3ccc(Br)cc3)o2)sc2n1CCN=2. The molecular formula is C16H11BrN2O2S. The average molecular weight is 375 g/mol. The molecule has 1 aromatic carbocycles. The third-order valence-electron chi connectivity index (χ3n) is 3.49. The normalized spacial score (nSPS) is 14.1. The van der Waals surface area contributed by atoms with Gasteiger partial charge in [-0.15, -0.1) is 0 Å². The number of halogens is 1. The molecule has 0 N–H and O–H groups in total. The quantitative estimate of drug-likeness (QED) is 0.691. The summed E-state index contributed by atoms with van der Waals surface area (Å²) in [5.41, 5.74) is 1.02. The zero-order chi connectivity index (χ0) is 15.1. The summed E-state index contributed by atoms with van der Waals surface area (Å²) in [5, 5.41) is 0. The highest BCUT2D eigenvalue weighted by molar-refractivity contribution is 9.10. The van der Waals surface area contributed by atoms with Crippen molar-refractivity contribution >= 4 is 33.3 Å². The number of thiazole rings is 1. The summed E-state index contributed by atoms with van der Waals surface area (Å²) < 4.78 is 9.23. The molecule has 1 aliphatic heterocycles. The Morgan fingerprint density at radius 1 is 1.23 bits per heavy atom. The average Bonchev–Trinajstić information content (AvgIpc) is 3.21. The Hall–Kier alpha value is -1.92. The van der Waals surface area contributed by atoms with E-state index in [-0.39, 0.29) is 5.56 Å². The molecule has 4 rings (SSSR count). The molecule has 22 heavy (non-hydrogen) atoms. The third kappa shape index (κ3) is 2.38. The zero-order valence-corrected chi connectivity index (χ0v) is 13.9. The fraction of sp³-hybridized carbons (Fsp3) is 0.125. The second-order valence-corrected chi connectivity index (χ2v) is 6.87. The van der Waals surface area contributed by atoms with Gasteiger partial charge in [0, 0.05) is 22.7 Å². The van der Waals surface area contributed by atoms with Crippen molar-refractivity contribution in [3.05, 3.63) is 66.3 Å². The van der Waals surface area contributed by atoms with Crippen LogP contribution < -0.4 is 14.9 Å².